The highest BCUT2D eigenvalue weighted by atomic mass is 16.5. The number of anilines is 1. The number of benzene rings is 2. The van der Waals surface area contributed by atoms with Crippen LogP contribution in [0.15, 0.2) is 45.6 Å². The van der Waals surface area contributed by atoms with E-state index in [1.54, 1.807) is 6.92 Å². The van der Waals surface area contributed by atoms with Crippen molar-refractivity contribution in [3.05, 3.63) is 46.8 Å². The molecular weight excluding hydrogens is 328 g/mol. The molecule has 1 aromatic heterocycles. The highest BCUT2D eigenvalue weighted by Gasteiger charge is 2.15. The number of carbonyl (C=O) groups is 1. The first kappa shape index (κ1) is 16.3. The van der Waals surface area contributed by atoms with E-state index in [1.165, 1.54) is 36.4 Å². The predicted octanol–water partition coefficient (Wildman–Crippen LogP) is 2.83. The van der Waals surface area contributed by atoms with Gasteiger partial charge in [-0.3, -0.25) is 10.1 Å². The molecule has 0 fully saturated rings. The van der Waals surface area contributed by atoms with Crippen LogP contribution in [0.2, 0.25) is 0 Å². The summed E-state index contributed by atoms with van der Waals surface area (Å²) >= 11 is 0. The number of fused-ring (bicyclic) bond motifs is 1. The van der Waals surface area contributed by atoms with Gasteiger partial charge in [-0.05, 0) is 31.2 Å². The molecular formula is C17H14N2O6. The first-order valence-electron chi connectivity index (χ1n) is 7.39. The Morgan fingerprint density at radius 1 is 1.20 bits per heavy atom. The number of ether oxygens (including phenoxy) is 1. The summed E-state index contributed by atoms with van der Waals surface area (Å²) in [5.74, 6) is -0.241. The monoisotopic (exact) mass is 342 g/mol. The summed E-state index contributed by atoms with van der Waals surface area (Å²) in [5.41, 5.74) is 0.0263. The average molecular weight is 342 g/mol. The zero-order chi connectivity index (χ0) is 18.0. The van der Waals surface area contributed by atoms with Gasteiger partial charge in [0.1, 0.15) is 17.1 Å². The van der Waals surface area contributed by atoms with Crippen molar-refractivity contribution in [3.63, 3.8) is 0 Å². The van der Waals surface area contributed by atoms with Crippen LogP contribution in [0.1, 0.15) is 6.92 Å². The van der Waals surface area contributed by atoms with Crippen LogP contribution in [-0.2, 0) is 4.74 Å². The van der Waals surface area contributed by atoms with Crippen LogP contribution in [0.25, 0.3) is 22.4 Å². The van der Waals surface area contributed by atoms with Gasteiger partial charge in [0, 0.05) is 12.1 Å². The summed E-state index contributed by atoms with van der Waals surface area (Å²) in [6.07, 6.45) is -0.727. The lowest BCUT2D eigenvalue weighted by Crippen LogP contribution is -2.14. The molecule has 1 heterocycles. The fraction of sp³-hybridized carbons (Fsp3) is 0.118. The van der Waals surface area contributed by atoms with E-state index in [-0.39, 0.29) is 46.2 Å². The van der Waals surface area contributed by atoms with E-state index in [2.05, 4.69) is 10.3 Å². The minimum absolute atomic E-state index is 0.0663. The van der Waals surface area contributed by atoms with Crippen molar-refractivity contribution in [2.45, 2.75) is 6.92 Å². The largest absolute Gasteiger partial charge is 0.508 e. The van der Waals surface area contributed by atoms with E-state index < -0.39 is 11.7 Å². The molecule has 0 aliphatic heterocycles. The van der Waals surface area contributed by atoms with Crippen LogP contribution < -0.4 is 10.9 Å². The highest BCUT2D eigenvalue weighted by Crippen LogP contribution is 2.31. The topological polar surface area (TPSA) is 122 Å². The van der Waals surface area contributed by atoms with Crippen LogP contribution in [0.5, 0.6) is 11.5 Å². The minimum Gasteiger partial charge on any atom is -0.508 e. The fourth-order valence-corrected chi connectivity index (χ4v) is 2.27. The molecule has 3 aromatic rings. The number of aromatic hydroxyl groups is 2. The fourth-order valence-electron chi connectivity index (χ4n) is 2.27. The number of amides is 1. The van der Waals surface area contributed by atoms with E-state index in [9.17, 15) is 19.8 Å². The Kier molecular flexibility index (Phi) is 4.25. The van der Waals surface area contributed by atoms with Crippen LogP contribution >= 0.6 is 0 Å². The van der Waals surface area contributed by atoms with Crippen LogP contribution in [-0.4, -0.2) is 27.9 Å². The number of aromatic nitrogens is 1. The summed E-state index contributed by atoms with van der Waals surface area (Å²) < 4.78 is 10.4. The summed E-state index contributed by atoms with van der Waals surface area (Å²) in [6, 6.07) is 8.13. The molecule has 0 saturated carbocycles. The lowest BCUT2D eigenvalue weighted by atomic mass is 10.1. The maximum absolute atomic E-state index is 12.2. The van der Waals surface area contributed by atoms with Crippen molar-refractivity contribution >= 4 is 22.7 Å². The maximum atomic E-state index is 12.2. The molecule has 0 unspecified atom stereocenters. The van der Waals surface area contributed by atoms with Crippen molar-refractivity contribution in [3.8, 4) is 23.0 Å². The molecule has 8 nitrogen and oxygen atoms in total. The smallest absolute Gasteiger partial charge is 0.411 e. The van der Waals surface area contributed by atoms with Crippen LogP contribution in [0.3, 0.4) is 0 Å². The lowest BCUT2D eigenvalue weighted by molar-refractivity contribution is 0.168. The Labute approximate surface area is 141 Å². The molecule has 8 heteroatoms. The number of rotatable bonds is 3. The first-order valence-corrected chi connectivity index (χ1v) is 7.39. The molecule has 128 valence electrons. The van der Waals surface area contributed by atoms with Gasteiger partial charge < -0.3 is 19.4 Å². The zero-order valence-electron chi connectivity index (χ0n) is 13.1. The van der Waals surface area contributed by atoms with E-state index >= 15 is 0 Å². The number of hydrogen-bond acceptors (Lipinski definition) is 7. The SMILES string of the molecule is CCOC(=O)Nc1cc(O)ccc1-c1nc(=O)c2ccc(O)cc2o1. The number of phenolic OH excluding ortho intramolecular Hbond substituents is 2. The lowest BCUT2D eigenvalue weighted by Gasteiger charge is -2.10. The van der Waals surface area contributed by atoms with Crippen molar-refractivity contribution in [2.24, 2.45) is 0 Å². The van der Waals surface area contributed by atoms with Crippen LogP contribution in [0.4, 0.5) is 10.5 Å². The number of nitrogens with one attached hydrogen (secondary N) is 1. The minimum atomic E-state index is -0.727. The summed E-state index contributed by atoms with van der Waals surface area (Å²) in [4.78, 5) is 27.7. The second kappa shape index (κ2) is 6.52. The van der Waals surface area contributed by atoms with Gasteiger partial charge in [0.15, 0.2) is 0 Å². The summed E-state index contributed by atoms with van der Waals surface area (Å²) in [5, 5.41) is 21.9. The summed E-state index contributed by atoms with van der Waals surface area (Å²) in [6.45, 7) is 1.82. The van der Waals surface area contributed by atoms with E-state index in [4.69, 9.17) is 9.15 Å². The Morgan fingerprint density at radius 3 is 2.68 bits per heavy atom. The van der Waals surface area contributed by atoms with Crippen molar-refractivity contribution < 1.29 is 24.2 Å². The van der Waals surface area contributed by atoms with Gasteiger partial charge in [-0.15, -0.1) is 0 Å². The number of nitrogens with zero attached hydrogens (tertiary/aromatic N) is 1. The number of phenols is 2. The molecule has 1 amide bonds. The van der Waals surface area contributed by atoms with E-state index in [1.807, 2.05) is 0 Å². The van der Waals surface area contributed by atoms with E-state index in [0.717, 1.165) is 0 Å². The first-order chi connectivity index (χ1) is 12.0. The molecule has 0 saturated heterocycles. The molecule has 0 aliphatic rings. The maximum Gasteiger partial charge on any atom is 0.411 e. The molecule has 0 radical (unpaired) electrons. The molecule has 3 N–H and O–H groups in total. The molecule has 25 heavy (non-hydrogen) atoms. The van der Waals surface area contributed by atoms with Gasteiger partial charge in [0.05, 0.1) is 23.2 Å². The molecule has 0 spiro atoms. The second-order valence-electron chi connectivity index (χ2n) is 5.08. The molecule has 0 atom stereocenters. The van der Waals surface area contributed by atoms with Crippen molar-refractivity contribution in [1.82, 2.24) is 4.98 Å². The number of carbonyl (C=O) groups excluding carboxylic acids is 1. The third-order valence-corrected chi connectivity index (χ3v) is 3.35. The molecule has 2 aromatic carbocycles. The Hall–Kier alpha value is -3.55. The predicted molar refractivity (Wildman–Crippen MR) is 89.7 cm³/mol. The molecule has 0 bridgehead atoms. The second-order valence-corrected chi connectivity index (χ2v) is 5.08. The van der Waals surface area contributed by atoms with Gasteiger partial charge in [-0.1, -0.05) is 0 Å². The normalized spacial score (nSPS) is 10.6. The third-order valence-electron chi connectivity index (χ3n) is 3.35. The summed E-state index contributed by atoms with van der Waals surface area (Å²) in [7, 11) is 0. The Morgan fingerprint density at radius 2 is 1.92 bits per heavy atom. The highest BCUT2D eigenvalue weighted by molar-refractivity contribution is 5.91. The molecule has 0 aliphatic carbocycles. The van der Waals surface area contributed by atoms with Gasteiger partial charge in [0.2, 0.25) is 5.89 Å². The Bertz CT molecular complexity index is 1010. The van der Waals surface area contributed by atoms with E-state index in [0.29, 0.717) is 0 Å². The number of hydrogen-bond donors (Lipinski definition) is 3. The van der Waals surface area contributed by atoms with Gasteiger partial charge >= 0.3 is 6.09 Å². The molecule has 3 rings (SSSR count). The quantitative estimate of drug-likeness (QED) is 0.669. The standard InChI is InChI=1S/C17H14N2O6/c1-2-24-17(23)18-13-7-9(20)3-5-11(13)16-19-15(22)12-6-4-10(21)8-14(12)25-16/h3-8,20-21H,2H2,1H3,(H,18,23). The Balaban J connectivity index is 2.14. The van der Waals surface area contributed by atoms with Gasteiger partial charge in [0.25, 0.3) is 5.56 Å². The van der Waals surface area contributed by atoms with Gasteiger partial charge in [-0.2, -0.15) is 4.98 Å². The zero-order valence-corrected chi connectivity index (χ0v) is 13.1. The average Bonchev–Trinajstić information content (AvgIpc) is 2.54. The van der Waals surface area contributed by atoms with Gasteiger partial charge in [-0.25, -0.2) is 4.79 Å². The van der Waals surface area contributed by atoms with Crippen molar-refractivity contribution in [2.75, 3.05) is 11.9 Å². The van der Waals surface area contributed by atoms with Crippen LogP contribution in [0, 0.1) is 0 Å². The third kappa shape index (κ3) is 3.37. The van der Waals surface area contributed by atoms with Crippen molar-refractivity contribution in [1.29, 1.82) is 0 Å².